The highest BCUT2D eigenvalue weighted by molar-refractivity contribution is 6.30. The second kappa shape index (κ2) is 7.61. The number of para-hydroxylation sites is 1. The molecule has 30 heavy (non-hydrogen) atoms. The molecule has 5 nitrogen and oxygen atoms in total. The third kappa shape index (κ3) is 3.63. The van der Waals surface area contributed by atoms with E-state index in [1.807, 2.05) is 73.7 Å². The Balaban J connectivity index is 1.60. The van der Waals surface area contributed by atoms with Crippen molar-refractivity contribution in [3.8, 4) is 34.5 Å². The van der Waals surface area contributed by atoms with Gasteiger partial charge in [0.15, 0.2) is 0 Å². The van der Waals surface area contributed by atoms with E-state index in [2.05, 4.69) is 10.2 Å². The van der Waals surface area contributed by atoms with Gasteiger partial charge in [-0.3, -0.25) is 0 Å². The minimum Gasteiger partial charge on any atom is -0.438 e. The van der Waals surface area contributed by atoms with Gasteiger partial charge in [0.25, 0.3) is 5.89 Å². The molecule has 0 spiro atoms. The summed E-state index contributed by atoms with van der Waals surface area (Å²) in [5.41, 5.74) is 3.38. The number of aryl methyl sites for hydroxylation is 1. The zero-order valence-electron chi connectivity index (χ0n) is 16.0. The highest BCUT2D eigenvalue weighted by Crippen LogP contribution is 2.35. The van der Waals surface area contributed by atoms with Crippen LogP contribution in [0.4, 0.5) is 0 Å². The third-order valence-electron chi connectivity index (χ3n) is 4.67. The van der Waals surface area contributed by atoms with Gasteiger partial charge in [0.1, 0.15) is 11.3 Å². The Labute approximate surface area is 177 Å². The maximum absolute atomic E-state index is 6.10. The van der Waals surface area contributed by atoms with Gasteiger partial charge in [-0.25, -0.2) is 4.98 Å². The molecule has 5 aromatic rings. The normalized spacial score (nSPS) is 11.0. The van der Waals surface area contributed by atoms with Crippen LogP contribution in [0.2, 0.25) is 5.02 Å². The van der Waals surface area contributed by atoms with Crippen LogP contribution in [-0.4, -0.2) is 15.2 Å². The van der Waals surface area contributed by atoms with E-state index in [0.717, 1.165) is 22.0 Å². The van der Waals surface area contributed by atoms with Crippen LogP contribution in [0.1, 0.15) is 5.56 Å². The van der Waals surface area contributed by atoms with Crippen molar-refractivity contribution < 1.29 is 9.15 Å². The fourth-order valence-corrected chi connectivity index (χ4v) is 3.21. The summed E-state index contributed by atoms with van der Waals surface area (Å²) in [6.07, 6.45) is 0. The first-order valence-corrected chi connectivity index (χ1v) is 9.78. The molecule has 146 valence electrons. The predicted octanol–water partition coefficient (Wildman–Crippen LogP) is 6.71. The van der Waals surface area contributed by atoms with Gasteiger partial charge >= 0.3 is 0 Å². The summed E-state index contributed by atoms with van der Waals surface area (Å²) in [7, 11) is 0. The van der Waals surface area contributed by atoms with Crippen LogP contribution in [0, 0.1) is 6.92 Å². The first-order chi connectivity index (χ1) is 14.7. The van der Waals surface area contributed by atoms with Gasteiger partial charge in [-0.1, -0.05) is 47.5 Å². The van der Waals surface area contributed by atoms with E-state index in [9.17, 15) is 0 Å². The molecule has 0 N–H and O–H groups in total. The number of halogens is 1. The third-order valence-corrected chi connectivity index (χ3v) is 4.92. The van der Waals surface area contributed by atoms with E-state index in [4.69, 9.17) is 25.7 Å². The molecule has 0 aliphatic carbocycles. The Hall–Kier alpha value is -3.70. The van der Waals surface area contributed by atoms with Crippen LogP contribution in [-0.2, 0) is 0 Å². The van der Waals surface area contributed by atoms with Gasteiger partial charge in [-0.05, 0) is 55.5 Å². The van der Waals surface area contributed by atoms with Gasteiger partial charge in [0.05, 0.1) is 5.52 Å². The van der Waals surface area contributed by atoms with Gasteiger partial charge < -0.3 is 9.15 Å². The number of hydrogen-bond donors (Lipinski definition) is 0. The van der Waals surface area contributed by atoms with Crippen LogP contribution < -0.4 is 4.74 Å². The number of ether oxygens (including phenoxy) is 1. The first-order valence-electron chi connectivity index (χ1n) is 9.40. The van der Waals surface area contributed by atoms with E-state index in [0.29, 0.717) is 34.0 Å². The zero-order chi connectivity index (χ0) is 20.5. The topological polar surface area (TPSA) is 61.0 Å². The smallest absolute Gasteiger partial charge is 0.253 e. The van der Waals surface area contributed by atoms with Gasteiger partial charge in [-0.15, -0.1) is 10.2 Å². The number of benzene rings is 3. The quantitative estimate of drug-likeness (QED) is 0.328. The van der Waals surface area contributed by atoms with Crippen molar-refractivity contribution in [3.63, 3.8) is 0 Å². The molecular formula is C24H16ClN3O2. The number of fused-ring (bicyclic) bond motifs is 1. The van der Waals surface area contributed by atoms with Crippen LogP contribution in [0.15, 0.2) is 83.3 Å². The maximum atomic E-state index is 6.10. The molecule has 0 bridgehead atoms. The van der Waals surface area contributed by atoms with Gasteiger partial charge in [-0.2, -0.15) is 0 Å². The summed E-state index contributed by atoms with van der Waals surface area (Å²) < 4.78 is 12.1. The summed E-state index contributed by atoms with van der Waals surface area (Å²) in [6, 6.07) is 24.8. The zero-order valence-corrected chi connectivity index (χ0v) is 16.8. The lowest BCUT2D eigenvalue weighted by atomic mass is 10.1. The highest BCUT2D eigenvalue weighted by atomic mass is 35.5. The molecule has 0 atom stereocenters. The fourth-order valence-electron chi connectivity index (χ4n) is 3.09. The molecule has 0 fully saturated rings. The molecule has 2 aromatic heterocycles. The van der Waals surface area contributed by atoms with E-state index in [1.54, 1.807) is 12.1 Å². The second-order valence-corrected chi connectivity index (χ2v) is 7.30. The lowest BCUT2D eigenvalue weighted by Crippen LogP contribution is -1.93. The molecule has 5 rings (SSSR count). The molecule has 0 aliphatic rings. The first kappa shape index (κ1) is 18.3. The molecular weight excluding hydrogens is 398 g/mol. The molecule has 0 saturated heterocycles. The molecule has 6 heteroatoms. The number of pyridine rings is 1. The predicted molar refractivity (Wildman–Crippen MR) is 117 cm³/mol. The minimum absolute atomic E-state index is 0.334. The average molecular weight is 414 g/mol. The van der Waals surface area contributed by atoms with Crippen molar-refractivity contribution in [3.05, 3.63) is 89.4 Å². The Morgan fingerprint density at radius 3 is 2.37 bits per heavy atom. The Kier molecular flexibility index (Phi) is 4.65. The summed E-state index contributed by atoms with van der Waals surface area (Å²) >= 11 is 5.97. The molecule has 0 aliphatic heterocycles. The summed E-state index contributed by atoms with van der Waals surface area (Å²) in [5, 5.41) is 10.0. The summed E-state index contributed by atoms with van der Waals surface area (Å²) in [4.78, 5) is 4.70. The van der Waals surface area contributed by atoms with Crippen LogP contribution in [0.3, 0.4) is 0 Å². The lowest BCUT2D eigenvalue weighted by Gasteiger charge is -2.10. The Morgan fingerprint density at radius 2 is 1.57 bits per heavy atom. The Morgan fingerprint density at radius 1 is 0.833 bits per heavy atom. The van der Waals surface area contributed by atoms with E-state index in [1.165, 1.54) is 0 Å². The SMILES string of the molecule is Cc1ccc(Oc2nc3ccccc3cc2-c2nnc(-c3ccc(Cl)cc3)o2)cc1. The van der Waals surface area contributed by atoms with Crippen molar-refractivity contribution >= 4 is 22.5 Å². The second-order valence-electron chi connectivity index (χ2n) is 6.87. The number of hydrogen-bond acceptors (Lipinski definition) is 5. The van der Waals surface area contributed by atoms with Crippen molar-refractivity contribution in [2.24, 2.45) is 0 Å². The number of aromatic nitrogens is 3. The van der Waals surface area contributed by atoms with Crippen molar-refractivity contribution in [1.29, 1.82) is 0 Å². The molecule has 0 amide bonds. The van der Waals surface area contributed by atoms with Crippen LogP contribution in [0.5, 0.6) is 11.6 Å². The van der Waals surface area contributed by atoms with Crippen molar-refractivity contribution in [2.75, 3.05) is 0 Å². The minimum atomic E-state index is 0.334. The fraction of sp³-hybridized carbons (Fsp3) is 0.0417. The molecule has 2 heterocycles. The van der Waals surface area contributed by atoms with Gasteiger partial charge in [0, 0.05) is 16.0 Å². The summed E-state index contributed by atoms with van der Waals surface area (Å²) in [6.45, 7) is 2.03. The molecule has 0 saturated carbocycles. The van der Waals surface area contributed by atoms with E-state index >= 15 is 0 Å². The standard InChI is InChI=1S/C24H16ClN3O2/c1-15-6-12-19(13-7-15)29-23-20(14-17-4-2-3-5-21(17)26-23)24-28-27-22(30-24)16-8-10-18(25)11-9-16/h2-14H,1H3. The van der Waals surface area contributed by atoms with E-state index in [-0.39, 0.29) is 0 Å². The summed E-state index contributed by atoms with van der Waals surface area (Å²) in [5.74, 6) is 1.82. The van der Waals surface area contributed by atoms with Crippen LogP contribution in [0.25, 0.3) is 33.8 Å². The largest absolute Gasteiger partial charge is 0.438 e. The molecule has 3 aromatic carbocycles. The van der Waals surface area contributed by atoms with Gasteiger partial charge in [0.2, 0.25) is 11.8 Å². The van der Waals surface area contributed by atoms with Crippen molar-refractivity contribution in [2.45, 2.75) is 6.92 Å². The van der Waals surface area contributed by atoms with Crippen LogP contribution >= 0.6 is 11.6 Å². The Bertz CT molecular complexity index is 1330. The average Bonchev–Trinajstić information content (AvgIpc) is 3.25. The highest BCUT2D eigenvalue weighted by Gasteiger charge is 2.18. The monoisotopic (exact) mass is 413 g/mol. The van der Waals surface area contributed by atoms with Crippen molar-refractivity contribution in [1.82, 2.24) is 15.2 Å². The number of rotatable bonds is 4. The number of nitrogens with zero attached hydrogens (tertiary/aromatic N) is 3. The molecule has 0 unspecified atom stereocenters. The van der Waals surface area contributed by atoms with E-state index < -0.39 is 0 Å². The maximum Gasteiger partial charge on any atom is 0.253 e. The lowest BCUT2D eigenvalue weighted by molar-refractivity contribution is 0.463. The molecule has 0 radical (unpaired) electrons.